The normalized spacial score (nSPS) is 14.5. The summed E-state index contributed by atoms with van der Waals surface area (Å²) in [4.78, 5) is 28.0. The zero-order valence-electron chi connectivity index (χ0n) is 16.9. The first-order valence-corrected chi connectivity index (χ1v) is 10.5. The average molecular weight is 399 g/mol. The Kier molecular flexibility index (Phi) is 6.23. The molecule has 0 radical (unpaired) electrons. The SMILES string of the molecule is O=C(Nc1ccccc1)C1CCN(C(=O)C(c2ccccc2)c2ccccc2)CC1. The predicted octanol–water partition coefficient (Wildman–Crippen LogP) is 4.70. The first-order valence-electron chi connectivity index (χ1n) is 10.5. The molecule has 30 heavy (non-hydrogen) atoms. The molecular formula is C26H26N2O2. The van der Waals surface area contributed by atoms with Crippen LogP contribution in [0.15, 0.2) is 91.0 Å². The Morgan fingerprint density at radius 2 is 1.20 bits per heavy atom. The first-order chi connectivity index (χ1) is 14.7. The third-order valence-corrected chi connectivity index (χ3v) is 5.73. The van der Waals surface area contributed by atoms with E-state index in [9.17, 15) is 9.59 Å². The van der Waals surface area contributed by atoms with Crippen LogP contribution in [0, 0.1) is 5.92 Å². The molecule has 1 saturated heterocycles. The van der Waals surface area contributed by atoms with Crippen molar-refractivity contribution in [2.75, 3.05) is 18.4 Å². The lowest BCUT2D eigenvalue weighted by Crippen LogP contribution is -2.43. The van der Waals surface area contributed by atoms with Crippen molar-refractivity contribution in [3.8, 4) is 0 Å². The fourth-order valence-electron chi connectivity index (χ4n) is 4.08. The Balaban J connectivity index is 1.44. The number of hydrogen-bond donors (Lipinski definition) is 1. The molecule has 0 bridgehead atoms. The highest BCUT2D eigenvalue weighted by atomic mass is 16.2. The second-order valence-corrected chi connectivity index (χ2v) is 7.71. The van der Waals surface area contributed by atoms with Crippen molar-refractivity contribution in [2.24, 2.45) is 5.92 Å². The number of carbonyl (C=O) groups excluding carboxylic acids is 2. The van der Waals surface area contributed by atoms with Gasteiger partial charge in [-0.15, -0.1) is 0 Å². The second kappa shape index (κ2) is 9.40. The number of likely N-dealkylation sites (tertiary alicyclic amines) is 1. The summed E-state index contributed by atoms with van der Waals surface area (Å²) in [6.07, 6.45) is 1.36. The molecule has 0 aromatic heterocycles. The van der Waals surface area contributed by atoms with E-state index in [-0.39, 0.29) is 23.7 Å². The van der Waals surface area contributed by atoms with Crippen molar-refractivity contribution >= 4 is 17.5 Å². The van der Waals surface area contributed by atoms with E-state index in [0.717, 1.165) is 16.8 Å². The zero-order chi connectivity index (χ0) is 20.8. The number of anilines is 1. The summed E-state index contributed by atoms with van der Waals surface area (Å²) in [7, 11) is 0. The van der Waals surface area contributed by atoms with E-state index in [1.54, 1.807) is 0 Å². The van der Waals surface area contributed by atoms with Crippen molar-refractivity contribution < 1.29 is 9.59 Å². The number of nitrogens with one attached hydrogen (secondary N) is 1. The quantitative estimate of drug-likeness (QED) is 0.677. The van der Waals surface area contributed by atoms with Crippen LogP contribution in [0.3, 0.4) is 0 Å². The Morgan fingerprint density at radius 3 is 1.70 bits per heavy atom. The number of piperidine rings is 1. The molecule has 1 N–H and O–H groups in total. The molecule has 3 aromatic rings. The second-order valence-electron chi connectivity index (χ2n) is 7.71. The number of amides is 2. The van der Waals surface area contributed by atoms with E-state index < -0.39 is 0 Å². The van der Waals surface area contributed by atoms with E-state index in [1.807, 2.05) is 95.9 Å². The van der Waals surface area contributed by atoms with Crippen LogP contribution in [0.4, 0.5) is 5.69 Å². The lowest BCUT2D eigenvalue weighted by Gasteiger charge is -2.34. The van der Waals surface area contributed by atoms with Gasteiger partial charge < -0.3 is 10.2 Å². The van der Waals surface area contributed by atoms with Crippen LogP contribution in [0.1, 0.15) is 29.9 Å². The van der Waals surface area contributed by atoms with Gasteiger partial charge in [0, 0.05) is 24.7 Å². The molecule has 4 heteroatoms. The van der Waals surface area contributed by atoms with E-state index in [0.29, 0.717) is 25.9 Å². The van der Waals surface area contributed by atoms with Gasteiger partial charge in [0.2, 0.25) is 11.8 Å². The van der Waals surface area contributed by atoms with Crippen molar-refractivity contribution in [3.63, 3.8) is 0 Å². The molecule has 3 aromatic carbocycles. The summed E-state index contributed by atoms with van der Waals surface area (Å²) < 4.78 is 0. The molecule has 1 aliphatic heterocycles. The van der Waals surface area contributed by atoms with Crippen LogP contribution in [0.5, 0.6) is 0 Å². The van der Waals surface area contributed by atoms with Crippen LogP contribution < -0.4 is 5.32 Å². The van der Waals surface area contributed by atoms with Gasteiger partial charge in [-0.1, -0.05) is 78.9 Å². The first kappa shape index (κ1) is 19.9. The molecule has 0 atom stereocenters. The van der Waals surface area contributed by atoms with Gasteiger partial charge in [0.15, 0.2) is 0 Å². The Labute approximate surface area is 177 Å². The lowest BCUT2D eigenvalue weighted by molar-refractivity contribution is -0.135. The van der Waals surface area contributed by atoms with Gasteiger partial charge in [-0.25, -0.2) is 0 Å². The number of nitrogens with zero attached hydrogens (tertiary/aromatic N) is 1. The number of para-hydroxylation sites is 1. The van der Waals surface area contributed by atoms with Crippen LogP contribution in [0.2, 0.25) is 0 Å². The fourth-order valence-corrected chi connectivity index (χ4v) is 4.08. The minimum absolute atomic E-state index is 0.0379. The van der Waals surface area contributed by atoms with Gasteiger partial charge in [0.25, 0.3) is 0 Å². The van der Waals surface area contributed by atoms with Crippen molar-refractivity contribution in [2.45, 2.75) is 18.8 Å². The van der Waals surface area contributed by atoms with Crippen LogP contribution in [-0.4, -0.2) is 29.8 Å². The number of benzene rings is 3. The van der Waals surface area contributed by atoms with E-state index in [1.165, 1.54) is 0 Å². The number of carbonyl (C=O) groups is 2. The van der Waals surface area contributed by atoms with Gasteiger partial charge in [0.05, 0.1) is 5.92 Å². The van der Waals surface area contributed by atoms with Gasteiger partial charge >= 0.3 is 0 Å². The molecule has 4 rings (SSSR count). The fraction of sp³-hybridized carbons (Fsp3) is 0.231. The average Bonchev–Trinajstić information content (AvgIpc) is 2.81. The molecule has 0 unspecified atom stereocenters. The van der Waals surface area contributed by atoms with Crippen LogP contribution >= 0.6 is 0 Å². The third kappa shape index (κ3) is 4.60. The monoisotopic (exact) mass is 398 g/mol. The standard InChI is InChI=1S/C26H26N2O2/c29-25(27-23-14-8-3-9-15-23)22-16-18-28(19-17-22)26(30)24(20-10-4-1-5-11-20)21-12-6-2-7-13-21/h1-15,22,24H,16-19H2,(H,27,29). The van der Waals surface area contributed by atoms with Crippen molar-refractivity contribution in [1.82, 2.24) is 4.90 Å². The topological polar surface area (TPSA) is 49.4 Å². The molecule has 1 heterocycles. The maximum absolute atomic E-state index is 13.5. The molecule has 1 fully saturated rings. The number of rotatable bonds is 5. The van der Waals surface area contributed by atoms with Gasteiger partial charge in [-0.05, 0) is 36.1 Å². The van der Waals surface area contributed by atoms with Crippen molar-refractivity contribution in [3.05, 3.63) is 102 Å². The van der Waals surface area contributed by atoms with Gasteiger partial charge in [-0.2, -0.15) is 0 Å². The minimum atomic E-state index is -0.318. The molecule has 152 valence electrons. The van der Waals surface area contributed by atoms with Crippen LogP contribution in [-0.2, 0) is 9.59 Å². The summed E-state index contributed by atoms with van der Waals surface area (Å²) in [5.41, 5.74) is 2.81. The highest BCUT2D eigenvalue weighted by molar-refractivity contribution is 5.93. The summed E-state index contributed by atoms with van der Waals surface area (Å²) in [6.45, 7) is 1.20. The molecule has 0 saturated carbocycles. The van der Waals surface area contributed by atoms with Crippen LogP contribution in [0.25, 0.3) is 0 Å². The van der Waals surface area contributed by atoms with Crippen molar-refractivity contribution in [1.29, 1.82) is 0 Å². The maximum atomic E-state index is 13.5. The Morgan fingerprint density at radius 1 is 0.733 bits per heavy atom. The molecule has 2 amide bonds. The van der Waals surface area contributed by atoms with Gasteiger partial charge in [-0.3, -0.25) is 9.59 Å². The van der Waals surface area contributed by atoms with E-state index >= 15 is 0 Å². The van der Waals surface area contributed by atoms with E-state index in [2.05, 4.69) is 5.32 Å². The molecule has 4 nitrogen and oxygen atoms in total. The lowest BCUT2D eigenvalue weighted by atomic mass is 9.88. The summed E-state index contributed by atoms with van der Waals surface area (Å²) in [5.74, 6) is -0.242. The summed E-state index contributed by atoms with van der Waals surface area (Å²) in [6, 6.07) is 29.4. The highest BCUT2D eigenvalue weighted by Gasteiger charge is 2.32. The Hall–Kier alpha value is -3.40. The maximum Gasteiger partial charge on any atom is 0.234 e. The third-order valence-electron chi connectivity index (χ3n) is 5.73. The summed E-state index contributed by atoms with van der Waals surface area (Å²) >= 11 is 0. The summed E-state index contributed by atoms with van der Waals surface area (Å²) in [5, 5.41) is 2.99. The highest BCUT2D eigenvalue weighted by Crippen LogP contribution is 2.29. The van der Waals surface area contributed by atoms with Gasteiger partial charge in [0.1, 0.15) is 0 Å². The predicted molar refractivity (Wildman–Crippen MR) is 119 cm³/mol. The zero-order valence-corrected chi connectivity index (χ0v) is 16.9. The number of hydrogen-bond acceptors (Lipinski definition) is 2. The molecule has 0 aliphatic carbocycles. The molecule has 0 spiro atoms. The largest absolute Gasteiger partial charge is 0.342 e. The minimum Gasteiger partial charge on any atom is -0.342 e. The molecule has 1 aliphatic rings. The van der Waals surface area contributed by atoms with E-state index in [4.69, 9.17) is 0 Å². The smallest absolute Gasteiger partial charge is 0.234 e. The molecular weight excluding hydrogens is 372 g/mol. The Bertz CT molecular complexity index is 926.